The molecule has 2 aromatic heterocycles. The molecule has 3 aromatic rings. The van der Waals surface area contributed by atoms with Gasteiger partial charge in [-0.1, -0.05) is 30.3 Å². The van der Waals surface area contributed by atoms with Crippen molar-refractivity contribution in [3.8, 4) is 0 Å². The van der Waals surface area contributed by atoms with E-state index < -0.39 is 15.5 Å². The van der Waals surface area contributed by atoms with Crippen LogP contribution in [-0.4, -0.2) is 45.0 Å². The lowest BCUT2D eigenvalue weighted by Crippen LogP contribution is -2.26. The standard InChI is InChI=1S/C17H16N4O4S/c22-16(12-4-2-1-3-5-12)10-20-14-9-19-21(15(14)8-18-17(20)23)13-6-7-26(24,25)11-13/h1-5,8-9,13H,6-7,10-11H2. The maximum atomic E-state index is 12.5. The Labute approximate surface area is 149 Å². The minimum absolute atomic E-state index is 0.0197. The van der Waals surface area contributed by atoms with Gasteiger partial charge in [0.15, 0.2) is 15.6 Å². The van der Waals surface area contributed by atoms with Crippen LogP contribution >= 0.6 is 0 Å². The average molecular weight is 372 g/mol. The molecule has 8 nitrogen and oxygen atoms in total. The molecule has 1 saturated heterocycles. The smallest absolute Gasteiger partial charge is 0.292 e. The number of carbonyl (C=O) groups is 1. The van der Waals surface area contributed by atoms with Gasteiger partial charge in [0.05, 0.1) is 42.0 Å². The third kappa shape index (κ3) is 2.94. The maximum Gasteiger partial charge on any atom is 0.348 e. The van der Waals surface area contributed by atoms with Crippen LogP contribution in [0.3, 0.4) is 0 Å². The second-order valence-corrected chi connectivity index (χ2v) is 8.56. The van der Waals surface area contributed by atoms with Crippen LogP contribution in [0.1, 0.15) is 22.8 Å². The van der Waals surface area contributed by atoms with Crippen LogP contribution in [0, 0.1) is 0 Å². The minimum atomic E-state index is -3.07. The highest BCUT2D eigenvalue weighted by molar-refractivity contribution is 7.91. The van der Waals surface area contributed by atoms with Gasteiger partial charge in [0.1, 0.15) is 5.52 Å². The van der Waals surface area contributed by atoms with E-state index in [0.717, 1.165) is 0 Å². The van der Waals surface area contributed by atoms with E-state index in [4.69, 9.17) is 0 Å². The van der Waals surface area contributed by atoms with Crippen molar-refractivity contribution < 1.29 is 13.2 Å². The summed E-state index contributed by atoms with van der Waals surface area (Å²) >= 11 is 0. The van der Waals surface area contributed by atoms with E-state index in [1.54, 1.807) is 28.9 Å². The van der Waals surface area contributed by atoms with Crippen molar-refractivity contribution in [3.05, 3.63) is 58.8 Å². The zero-order valence-electron chi connectivity index (χ0n) is 13.8. The Morgan fingerprint density at radius 2 is 1.92 bits per heavy atom. The number of carbonyl (C=O) groups excluding carboxylic acids is 1. The van der Waals surface area contributed by atoms with Gasteiger partial charge in [-0.15, -0.1) is 0 Å². The fourth-order valence-electron chi connectivity index (χ4n) is 3.26. The van der Waals surface area contributed by atoms with E-state index in [1.165, 1.54) is 17.0 Å². The quantitative estimate of drug-likeness (QED) is 0.629. The molecule has 26 heavy (non-hydrogen) atoms. The molecule has 0 N–H and O–H groups in total. The molecule has 0 spiro atoms. The predicted molar refractivity (Wildman–Crippen MR) is 94.9 cm³/mol. The van der Waals surface area contributed by atoms with Gasteiger partial charge in [0.25, 0.3) is 0 Å². The molecule has 3 heterocycles. The molecule has 0 radical (unpaired) electrons. The molecular weight excluding hydrogens is 356 g/mol. The Morgan fingerprint density at radius 3 is 2.62 bits per heavy atom. The molecule has 0 bridgehead atoms. The molecule has 4 rings (SSSR count). The molecule has 1 fully saturated rings. The van der Waals surface area contributed by atoms with Crippen LogP contribution in [0.4, 0.5) is 0 Å². The first-order valence-corrected chi connectivity index (χ1v) is 9.98. The van der Waals surface area contributed by atoms with Crippen molar-refractivity contribution in [2.24, 2.45) is 0 Å². The third-order valence-electron chi connectivity index (χ3n) is 4.58. The van der Waals surface area contributed by atoms with Crippen molar-refractivity contribution in [1.82, 2.24) is 19.3 Å². The van der Waals surface area contributed by atoms with Gasteiger partial charge in [-0.05, 0) is 6.42 Å². The van der Waals surface area contributed by atoms with Crippen LogP contribution in [0.15, 0.2) is 47.5 Å². The number of aromatic nitrogens is 4. The minimum Gasteiger partial charge on any atom is -0.292 e. The highest BCUT2D eigenvalue weighted by atomic mass is 32.2. The molecule has 1 aliphatic heterocycles. The van der Waals surface area contributed by atoms with Crippen LogP contribution < -0.4 is 5.69 Å². The van der Waals surface area contributed by atoms with E-state index >= 15 is 0 Å². The molecular formula is C17H16N4O4S. The fourth-order valence-corrected chi connectivity index (χ4v) is 4.95. The molecule has 1 unspecified atom stereocenters. The monoisotopic (exact) mass is 372 g/mol. The lowest BCUT2D eigenvalue weighted by molar-refractivity contribution is 0.0972. The summed E-state index contributed by atoms with van der Waals surface area (Å²) in [5.74, 6) is -0.0667. The Kier molecular flexibility index (Phi) is 3.95. The first-order chi connectivity index (χ1) is 12.4. The Morgan fingerprint density at radius 1 is 1.15 bits per heavy atom. The normalized spacial score (nSPS) is 19.0. The number of hydrogen-bond acceptors (Lipinski definition) is 6. The lowest BCUT2D eigenvalue weighted by atomic mass is 10.1. The third-order valence-corrected chi connectivity index (χ3v) is 6.33. The lowest BCUT2D eigenvalue weighted by Gasteiger charge is -2.11. The molecule has 0 amide bonds. The summed E-state index contributed by atoms with van der Waals surface area (Å²) in [4.78, 5) is 28.5. The summed E-state index contributed by atoms with van der Waals surface area (Å²) < 4.78 is 26.3. The fraction of sp³-hybridized carbons (Fsp3) is 0.294. The zero-order valence-corrected chi connectivity index (χ0v) is 14.6. The molecule has 134 valence electrons. The van der Waals surface area contributed by atoms with Gasteiger partial charge < -0.3 is 0 Å². The van der Waals surface area contributed by atoms with Gasteiger partial charge in [0.2, 0.25) is 0 Å². The summed E-state index contributed by atoms with van der Waals surface area (Å²) in [5.41, 5.74) is 0.984. The number of benzene rings is 1. The molecule has 0 aliphatic carbocycles. The Balaban J connectivity index is 1.73. The average Bonchev–Trinajstić information content (AvgIpc) is 3.21. The summed E-state index contributed by atoms with van der Waals surface area (Å²) in [6, 6.07) is 8.42. The molecule has 1 aliphatic rings. The Bertz CT molecular complexity index is 1150. The maximum absolute atomic E-state index is 12.5. The number of rotatable bonds is 4. The van der Waals surface area contributed by atoms with Crippen LogP contribution in [0.2, 0.25) is 0 Å². The second-order valence-electron chi connectivity index (χ2n) is 6.33. The topological polar surface area (TPSA) is 104 Å². The summed E-state index contributed by atoms with van der Waals surface area (Å²) in [6.07, 6.45) is 3.35. The highest BCUT2D eigenvalue weighted by Crippen LogP contribution is 2.26. The first kappa shape index (κ1) is 16.6. The largest absolute Gasteiger partial charge is 0.348 e. The summed E-state index contributed by atoms with van der Waals surface area (Å²) in [6.45, 7) is -0.151. The van der Waals surface area contributed by atoms with Gasteiger partial charge in [0, 0.05) is 5.56 Å². The van der Waals surface area contributed by atoms with E-state index in [9.17, 15) is 18.0 Å². The molecule has 0 saturated carbocycles. The molecule has 1 aromatic carbocycles. The van der Waals surface area contributed by atoms with Gasteiger partial charge >= 0.3 is 5.69 Å². The number of hydrogen-bond donors (Lipinski definition) is 0. The summed E-state index contributed by atoms with van der Waals surface area (Å²) in [7, 11) is -3.07. The second kappa shape index (κ2) is 6.17. The zero-order chi connectivity index (χ0) is 18.3. The van der Waals surface area contributed by atoms with E-state index in [1.807, 2.05) is 6.07 Å². The van der Waals surface area contributed by atoms with Gasteiger partial charge in [-0.25, -0.2) is 13.2 Å². The van der Waals surface area contributed by atoms with Crippen molar-refractivity contribution in [2.45, 2.75) is 19.0 Å². The van der Waals surface area contributed by atoms with Crippen molar-refractivity contribution in [1.29, 1.82) is 0 Å². The van der Waals surface area contributed by atoms with Crippen LogP contribution in [-0.2, 0) is 16.4 Å². The van der Waals surface area contributed by atoms with E-state index in [0.29, 0.717) is 23.0 Å². The molecule has 9 heteroatoms. The summed E-state index contributed by atoms with van der Waals surface area (Å²) in [5, 5.41) is 4.27. The number of Topliss-reactive ketones (excluding diaryl/α,β-unsaturated/α-hetero) is 1. The highest BCUT2D eigenvalue weighted by Gasteiger charge is 2.31. The number of ketones is 1. The van der Waals surface area contributed by atoms with Crippen molar-refractivity contribution in [3.63, 3.8) is 0 Å². The van der Waals surface area contributed by atoms with Crippen LogP contribution in [0.25, 0.3) is 11.0 Å². The number of fused-ring (bicyclic) bond motifs is 1. The van der Waals surface area contributed by atoms with Crippen molar-refractivity contribution in [2.75, 3.05) is 11.5 Å². The van der Waals surface area contributed by atoms with Gasteiger partial charge in [-0.3, -0.25) is 14.0 Å². The van der Waals surface area contributed by atoms with Crippen LogP contribution in [0.5, 0.6) is 0 Å². The predicted octanol–water partition coefficient (Wildman–Crippen LogP) is 0.835. The van der Waals surface area contributed by atoms with E-state index in [-0.39, 0.29) is 29.9 Å². The molecule has 1 atom stereocenters. The Hall–Kier alpha value is -2.81. The van der Waals surface area contributed by atoms with Gasteiger partial charge in [-0.2, -0.15) is 10.1 Å². The van der Waals surface area contributed by atoms with Crippen molar-refractivity contribution >= 4 is 26.7 Å². The number of sulfone groups is 1. The SMILES string of the molecule is O=C(Cn1c(=O)ncc2c1cnn2C1CCS(=O)(=O)C1)c1ccccc1. The first-order valence-electron chi connectivity index (χ1n) is 8.16. The number of nitrogens with zero attached hydrogens (tertiary/aromatic N) is 4. The van der Waals surface area contributed by atoms with E-state index in [2.05, 4.69) is 10.1 Å².